The third-order valence-corrected chi connectivity index (χ3v) is 6.09. The van der Waals surface area contributed by atoms with Gasteiger partial charge in [0.05, 0.1) is 23.3 Å². The van der Waals surface area contributed by atoms with Crippen molar-refractivity contribution in [3.63, 3.8) is 0 Å². The molecule has 3 aromatic rings. The molecular formula is C22H25N5O2S. The van der Waals surface area contributed by atoms with Crippen molar-refractivity contribution in [2.75, 3.05) is 17.7 Å². The molecule has 3 heterocycles. The number of aromatic nitrogens is 4. The number of carbonyl (C=O) groups is 1. The number of anilines is 1. The predicted molar refractivity (Wildman–Crippen MR) is 119 cm³/mol. The van der Waals surface area contributed by atoms with E-state index < -0.39 is 0 Å². The van der Waals surface area contributed by atoms with E-state index in [1.165, 1.54) is 0 Å². The zero-order valence-electron chi connectivity index (χ0n) is 17.6. The molecule has 1 amide bonds. The quantitative estimate of drug-likeness (QED) is 0.664. The summed E-state index contributed by atoms with van der Waals surface area (Å²) in [6.45, 7) is 8.59. The maximum atomic E-state index is 12.5. The molecule has 0 saturated heterocycles. The summed E-state index contributed by atoms with van der Waals surface area (Å²) < 4.78 is 7.36. The molecule has 0 fully saturated rings. The maximum absolute atomic E-state index is 12.5. The van der Waals surface area contributed by atoms with Crippen LogP contribution in [-0.4, -0.2) is 38.0 Å². The van der Waals surface area contributed by atoms with Crippen LogP contribution < -0.4 is 10.1 Å². The van der Waals surface area contributed by atoms with Crippen LogP contribution in [-0.2, 0) is 4.79 Å². The van der Waals surface area contributed by atoms with Crippen LogP contribution in [0.3, 0.4) is 0 Å². The van der Waals surface area contributed by atoms with E-state index in [4.69, 9.17) is 9.84 Å². The number of fused-ring (bicyclic) bond motifs is 1. The Labute approximate surface area is 180 Å². The van der Waals surface area contributed by atoms with Gasteiger partial charge < -0.3 is 10.1 Å². The van der Waals surface area contributed by atoms with Crippen LogP contribution >= 0.6 is 11.8 Å². The Morgan fingerprint density at radius 3 is 2.53 bits per heavy atom. The number of thioether (sulfide) groups is 1. The van der Waals surface area contributed by atoms with E-state index in [9.17, 15) is 4.79 Å². The first-order chi connectivity index (χ1) is 14.5. The molecule has 1 atom stereocenters. The second-order valence-electron chi connectivity index (χ2n) is 7.37. The van der Waals surface area contributed by atoms with Gasteiger partial charge in [-0.25, -0.2) is 9.97 Å². The van der Waals surface area contributed by atoms with Crippen LogP contribution in [0.1, 0.15) is 46.8 Å². The van der Waals surface area contributed by atoms with Gasteiger partial charge in [0.15, 0.2) is 0 Å². The average molecular weight is 424 g/mol. The molecule has 0 spiro atoms. The highest BCUT2D eigenvalue weighted by Gasteiger charge is 2.31. The fourth-order valence-electron chi connectivity index (χ4n) is 3.55. The molecule has 0 bridgehead atoms. The SMILES string of the molecule is CCCOc1ccc([C@@H]2SCC(=O)Nc3c2c(C)nn3-c2nc(C)cc(C)n2)cc1. The Balaban J connectivity index is 1.78. The molecule has 1 aliphatic rings. The van der Waals surface area contributed by atoms with Gasteiger partial charge in [-0.1, -0.05) is 19.1 Å². The van der Waals surface area contributed by atoms with Gasteiger partial charge in [-0.3, -0.25) is 4.79 Å². The smallest absolute Gasteiger partial charge is 0.252 e. The number of carbonyl (C=O) groups excluding carboxylic acids is 1. The molecule has 7 nitrogen and oxygen atoms in total. The minimum absolute atomic E-state index is 0.0289. The highest BCUT2D eigenvalue weighted by atomic mass is 32.2. The average Bonchev–Trinajstić information content (AvgIpc) is 2.92. The summed E-state index contributed by atoms with van der Waals surface area (Å²) in [6, 6.07) is 10.0. The van der Waals surface area contributed by atoms with Crippen molar-refractivity contribution in [1.29, 1.82) is 0 Å². The predicted octanol–water partition coefficient (Wildman–Crippen LogP) is 4.15. The number of ether oxygens (including phenoxy) is 1. The zero-order valence-corrected chi connectivity index (χ0v) is 18.4. The molecular weight excluding hydrogens is 398 g/mol. The molecule has 8 heteroatoms. The lowest BCUT2D eigenvalue weighted by molar-refractivity contribution is -0.113. The standard InChI is InChI=1S/C22H25N5O2S/c1-5-10-29-17-8-6-16(7-9-17)20-19-15(4)26-27(21(19)25-18(28)12-30-20)22-23-13(2)11-14(3)24-22/h6-9,11,20H,5,10,12H2,1-4H3,(H,25,28)/t20-/m0/s1. The van der Waals surface area contributed by atoms with E-state index in [0.29, 0.717) is 24.1 Å². The number of nitrogens with one attached hydrogen (secondary N) is 1. The van der Waals surface area contributed by atoms with Gasteiger partial charge in [0.2, 0.25) is 5.91 Å². The summed E-state index contributed by atoms with van der Waals surface area (Å²) in [6.07, 6.45) is 0.969. The minimum Gasteiger partial charge on any atom is -0.494 e. The number of hydrogen-bond donors (Lipinski definition) is 1. The Hall–Kier alpha value is -2.87. The van der Waals surface area contributed by atoms with Crippen molar-refractivity contribution in [1.82, 2.24) is 19.7 Å². The highest BCUT2D eigenvalue weighted by molar-refractivity contribution is 8.00. The summed E-state index contributed by atoms with van der Waals surface area (Å²) >= 11 is 1.59. The van der Waals surface area contributed by atoms with Crippen molar-refractivity contribution >= 4 is 23.5 Å². The normalized spacial score (nSPS) is 16.0. The van der Waals surface area contributed by atoms with E-state index in [1.54, 1.807) is 16.4 Å². The highest BCUT2D eigenvalue weighted by Crippen LogP contribution is 2.43. The van der Waals surface area contributed by atoms with Crippen molar-refractivity contribution in [2.24, 2.45) is 0 Å². The van der Waals surface area contributed by atoms with Gasteiger partial charge in [0, 0.05) is 17.0 Å². The molecule has 2 aromatic heterocycles. The van der Waals surface area contributed by atoms with Crippen LogP contribution in [0.4, 0.5) is 5.82 Å². The van der Waals surface area contributed by atoms with Crippen molar-refractivity contribution in [3.05, 3.63) is 58.5 Å². The Morgan fingerprint density at radius 2 is 1.87 bits per heavy atom. The minimum atomic E-state index is -0.0582. The van der Waals surface area contributed by atoms with Gasteiger partial charge in [0.1, 0.15) is 11.6 Å². The van der Waals surface area contributed by atoms with Crippen molar-refractivity contribution < 1.29 is 9.53 Å². The fraction of sp³-hybridized carbons (Fsp3) is 0.364. The van der Waals surface area contributed by atoms with Crippen LogP contribution in [0.5, 0.6) is 5.75 Å². The summed E-state index contributed by atoms with van der Waals surface area (Å²) in [5, 5.41) is 7.69. The summed E-state index contributed by atoms with van der Waals surface area (Å²) in [4.78, 5) is 21.6. The molecule has 1 aliphatic heterocycles. The molecule has 0 saturated carbocycles. The summed E-state index contributed by atoms with van der Waals surface area (Å²) in [7, 11) is 0. The number of benzene rings is 1. The Kier molecular flexibility index (Phi) is 5.76. The first-order valence-electron chi connectivity index (χ1n) is 10.0. The number of amides is 1. The first kappa shape index (κ1) is 20.4. The van der Waals surface area contributed by atoms with Crippen molar-refractivity contribution in [3.8, 4) is 11.7 Å². The fourth-order valence-corrected chi connectivity index (χ4v) is 4.74. The Morgan fingerprint density at radius 1 is 1.17 bits per heavy atom. The van der Waals surface area contributed by atoms with Crippen LogP contribution in [0.25, 0.3) is 5.95 Å². The van der Waals surface area contributed by atoms with Gasteiger partial charge in [-0.2, -0.15) is 9.78 Å². The summed E-state index contributed by atoms with van der Waals surface area (Å²) in [5.74, 6) is 2.26. The van der Waals surface area contributed by atoms with Crippen molar-refractivity contribution in [2.45, 2.75) is 39.4 Å². The van der Waals surface area contributed by atoms with Gasteiger partial charge >= 0.3 is 0 Å². The summed E-state index contributed by atoms with van der Waals surface area (Å²) in [5.41, 5.74) is 4.64. The van der Waals surface area contributed by atoms with Gasteiger partial charge in [0.25, 0.3) is 5.95 Å². The molecule has 4 rings (SSSR count). The topological polar surface area (TPSA) is 81.9 Å². The number of hydrogen-bond acceptors (Lipinski definition) is 6. The van der Waals surface area contributed by atoms with E-state index >= 15 is 0 Å². The number of aryl methyl sites for hydroxylation is 3. The van der Waals surface area contributed by atoms with E-state index in [2.05, 4.69) is 34.3 Å². The molecule has 30 heavy (non-hydrogen) atoms. The van der Waals surface area contributed by atoms with Crippen LogP contribution in [0.15, 0.2) is 30.3 Å². The third-order valence-electron chi connectivity index (χ3n) is 4.82. The number of rotatable bonds is 5. The molecule has 1 aromatic carbocycles. The first-order valence-corrected chi connectivity index (χ1v) is 11.1. The monoisotopic (exact) mass is 423 g/mol. The lowest BCUT2D eigenvalue weighted by Crippen LogP contribution is -2.17. The van der Waals surface area contributed by atoms with E-state index in [0.717, 1.165) is 40.4 Å². The zero-order chi connectivity index (χ0) is 21.3. The Bertz CT molecular complexity index is 1060. The molecule has 1 N–H and O–H groups in total. The van der Waals surface area contributed by atoms with Crippen LogP contribution in [0, 0.1) is 20.8 Å². The molecule has 0 unspecified atom stereocenters. The lowest BCUT2D eigenvalue weighted by Gasteiger charge is -2.16. The second kappa shape index (κ2) is 8.47. The van der Waals surface area contributed by atoms with Crippen LogP contribution in [0.2, 0.25) is 0 Å². The third kappa shape index (κ3) is 4.05. The van der Waals surface area contributed by atoms with Gasteiger partial charge in [-0.05, 0) is 51.0 Å². The van der Waals surface area contributed by atoms with E-state index in [-0.39, 0.29) is 11.2 Å². The van der Waals surface area contributed by atoms with E-state index in [1.807, 2.05) is 39.0 Å². The second-order valence-corrected chi connectivity index (χ2v) is 8.46. The maximum Gasteiger partial charge on any atom is 0.252 e. The van der Waals surface area contributed by atoms with Gasteiger partial charge in [-0.15, -0.1) is 11.8 Å². The molecule has 0 aliphatic carbocycles. The largest absolute Gasteiger partial charge is 0.494 e. The lowest BCUT2D eigenvalue weighted by atomic mass is 10.0. The molecule has 156 valence electrons. The number of nitrogens with zero attached hydrogens (tertiary/aromatic N) is 4. The molecule has 0 radical (unpaired) electrons.